The molecule has 0 N–H and O–H groups in total. The molecule has 0 aliphatic heterocycles. The highest BCUT2D eigenvalue weighted by Gasteiger charge is 2.21. The molecule has 1 unspecified atom stereocenters. The Morgan fingerprint density at radius 3 is 2.85 bits per heavy atom. The number of carbonyl (C=O) groups is 1. The van der Waals surface area contributed by atoms with E-state index in [1.807, 2.05) is 24.3 Å². The number of unbranched alkanes of at least 4 members (excludes halogenated alkanes) is 1. The van der Waals surface area contributed by atoms with E-state index in [0.717, 1.165) is 30.4 Å². The van der Waals surface area contributed by atoms with Gasteiger partial charge in [-0.1, -0.05) is 63.5 Å². The van der Waals surface area contributed by atoms with Crippen LogP contribution in [0.2, 0.25) is 0 Å². The van der Waals surface area contributed by atoms with Crippen molar-refractivity contribution in [3.8, 4) is 0 Å². The van der Waals surface area contributed by atoms with Gasteiger partial charge in [0.2, 0.25) is 0 Å². The summed E-state index contributed by atoms with van der Waals surface area (Å²) < 4.78 is 5.53. The van der Waals surface area contributed by atoms with Crippen molar-refractivity contribution in [2.75, 3.05) is 6.61 Å². The van der Waals surface area contributed by atoms with Crippen molar-refractivity contribution in [1.29, 1.82) is 0 Å². The molecule has 0 bridgehead atoms. The predicted octanol–water partition coefficient (Wildman–Crippen LogP) is 4.39. The van der Waals surface area contributed by atoms with E-state index >= 15 is 0 Å². The number of benzene rings is 1. The van der Waals surface area contributed by atoms with Gasteiger partial charge in [0.15, 0.2) is 0 Å². The number of hydrogen-bond acceptors (Lipinski definition) is 2. The number of esters is 1. The lowest BCUT2D eigenvalue weighted by molar-refractivity contribution is -0.138. The molecule has 0 saturated heterocycles. The maximum Gasteiger partial charge on any atom is 0.338 e. The van der Waals surface area contributed by atoms with Gasteiger partial charge < -0.3 is 4.74 Å². The van der Waals surface area contributed by atoms with Gasteiger partial charge in [-0.05, 0) is 29.9 Å². The van der Waals surface area contributed by atoms with Gasteiger partial charge in [-0.15, -0.1) is 0 Å². The van der Waals surface area contributed by atoms with E-state index in [9.17, 15) is 4.79 Å². The fraction of sp³-hybridized carbons (Fsp3) is 0.500. The molecule has 0 fully saturated rings. The normalized spacial score (nSPS) is 14.6. The number of hydrogen-bond donors (Lipinski definition) is 0. The lowest BCUT2D eigenvalue weighted by Gasteiger charge is -2.15. The van der Waals surface area contributed by atoms with Crippen molar-refractivity contribution < 1.29 is 9.53 Å². The first-order valence-electron chi connectivity index (χ1n) is 7.71. The minimum atomic E-state index is -0.162. The molecule has 20 heavy (non-hydrogen) atoms. The smallest absolute Gasteiger partial charge is 0.338 e. The number of allylic oxidation sites excluding steroid dienone is 1. The van der Waals surface area contributed by atoms with Crippen LogP contribution < -0.4 is 0 Å². The molecule has 0 radical (unpaired) electrons. The van der Waals surface area contributed by atoms with Crippen molar-refractivity contribution in [3.05, 3.63) is 41.5 Å². The molecule has 2 heteroatoms. The third-order valence-electron chi connectivity index (χ3n) is 4.05. The van der Waals surface area contributed by atoms with Gasteiger partial charge >= 0.3 is 5.97 Å². The first-order chi connectivity index (χ1) is 9.76. The summed E-state index contributed by atoms with van der Waals surface area (Å²) in [7, 11) is 0. The van der Waals surface area contributed by atoms with Crippen LogP contribution in [0, 0.1) is 5.92 Å². The van der Waals surface area contributed by atoms with Crippen LogP contribution in [-0.2, 0) is 16.0 Å². The SMILES string of the molecule is CCCCC(CC)COC(=O)C1=CCc2ccccc21. The van der Waals surface area contributed by atoms with Crippen LogP contribution in [-0.4, -0.2) is 12.6 Å². The number of ether oxygens (including phenoxy) is 1. The Balaban J connectivity index is 1.90. The second-order valence-corrected chi connectivity index (χ2v) is 5.49. The van der Waals surface area contributed by atoms with Crippen LogP contribution in [0.3, 0.4) is 0 Å². The van der Waals surface area contributed by atoms with Gasteiger partial charge in [0.05, 0.1) is 12.2 Å². The molecule has 108 valence electrons. The topological polar surface area (TPSA) is 26.3 Å². The average Bonchev–Trinajstić information content (AvgIpc) is 2.91. The zero-order valence-corrected chi connectivity index (χ0v) is 12.5. The summed E-state index contributed by atoms with van der Waals surface area (Å²) in [5.41, 5.74) is 3.00. The second-order valence-electron chi connectivity index (χ2n) is 5.49. The first-order valence-corrected chi connectivity index (χ1v) is 7.71. The third-order valence-corrected chi connectivity index (χ3v) is 4.05. The maximum absolute atomic E-state index is 12.2. The molecule has 1 atom stereocenters. The Hall–Kier alpha value is -1.57. The highest BCUT2D eigenvalue weighted by Crippen LogP contribution is 2.28. The molecule has 1 aromatic carbocycles. The molecule has 2 rings (SSSR count). The van der Waals surface area contributed by atoms with Gasteiger partial charge in [-0.2, -0.15) is 0 Å². The standard InChI is InChI=1S/C18H24O2/c1-3-5-8-14(4-2)13-20-18(19)17-12-11-15-9-6-7-10-16(15)17/h6-7,9-10,12,14H,3-5,8,11,13H2,1-2H3. The Morgan fingerprint density at radius 2 is 2.10 bits per heavy atom. The van der Waals surface area contributed by atoms with Crippen LogP contribution >= 0.6 is 0 Å². The Labute approximate surface area is 121 Å². The predicted molar refractivity (Wildman–Crippen MR) is 82.4 cm³/mol. The summed E-state index contributed by atoms with van der Waals surface area (Å²) >= 11 is 0. The molecule has 1 aliphatic carbocycles. The fourth-order valence-corrected chi connectivity index (χ4v) is 2.65. The molecule has 2 nitrogen and oxygen atoms in total. The summed E-state index contributed by atoms with van der Waals surface area (Å²) in [6, 6.07) is 8.06. The van der Waals surface area contributed by atoms with Crippen molar-refractivity contribution in [2.45, 2.75) is 46.0 Å². The third kappa shape index (κ3) is 3.50. The minimum Gasteiger partial charge on any atom is -0.462 e. The number of fused-ring (bicyclic) bond motifs is 1. The minimum absolute atomic E-state index is 0.162. The van der Waals surface area contributed by atoms with Crippen LogP contribution in [0.5, 0.6) is 0 Å². The molecule has 0 spiro atoms. The molecule has 0 heterocycles. The fourth-order valence-electron chi connectivity index (χ4n) is 2.65. The van der Waals surface area contributed by atoms with Crippen molar-refractivity contribution >= 4 is 11.5 Å². The number of rotatable bonds is 7. The van der Waals surface area contributed by atoms with E-state index in [2.05, 4.69) is 19.9 Å². The molecular weight excluding hydrogens is 248 g/mol. The number of carbonyl (C=O) groups excluding carboxylic acids is 1. The zero-order chi connectivity index (χ0) is 14.4. The highest BCUT2D eigenvalue weighted by atomic mass is 16.5. The van der Waals surface area contributed by atoms with Gasteiger partial charge in [-0.3, -0.25) is 0 Å². The average molecular weight is 272 g/mol. The first kappa shape index (κ1) is 14.8. The van der Waals surface area contributed by atoms with Crippen molar-refractivity contribution in [3.63, 3.8) is 0 Å². The maximum atomic E-state index is 12.2. The largest absolute Gasteiger partial charge is 0.462 e. The van der Waals surface area contributed by atoms with E-state index in [-0.39, 0.29) is 5.97 Å². The quantitative estimate of drug-likeness (QED) is 0.688. The van der Waals surface area contributed by atoms with Gasteiger partial charge in [0, 0.05) is 0 Å². The van der Waals surface area contributed by atoms with Crippen LogP contribution in [0.15, 0.2) is 30.3 Å². The van der Waals surface area contributed by atoms with Crippen molar-refractivity contribution in [1.82, 2.24) is 0 Å². The summed E-state index contributed by atoms with van der Waals surface area (Å²) in [6.45, 7) is 4.91. The Morgan fingerprint density at radius 1 is 1.30 bits per heavy atom. The van der Waals surface area contributed by atoms with Crippen LogP contribution in [0.4, 0.5) is 0 Å². The van der Waals surface area contributed by atoms with E-state index in [1.165, 1.54) is 18.4 Å². The Kier molecular flexibility index (Phi) is 5.40. The van der Waals surface area contributed by atoms with E-state index in [0.29, 0.717) is 12.5 Å². The van der Waals surface area contributed by atoms with Gasteiger partial charge in [0.25, 0.3) is 0 Å². The Bertz CT molecular complexity index is 488. The van der Waals surface area contributed by atoms with Gasteiger partial charge in [0.1, 0.15) is 0 Å². The van der Waals surface area contributed by atoms with E-state index < -0.39 is 0 Å². The van der Waals surface area contributed by atoms with E-state index in [1.54, 1.807) is 0 Å². The van der Waals surface area contributed by atoms with Crippen molar-refractivity contribution in [2.24, 2.45) is 5.92 Å². The molecule has 0 saturated carbocycles. The second kappa shape index (κ2) is 7.28. The van der Waals surface area contributed by atoms with E-state index in [4.69, 9.17) is 4.74 Å². The van der Waals surface area contributed by atoms with Gasteiger partial charge in [-0.25, -0.2) is 4.79 Å². The lowest BCUT2D eigenvalue weighted by atomic mass is 10.0. The molecule has 1 aliphatic rings. The van der Waals surface area contributed by atoms with Crippen LogP contribution in [0.1, 0.15) is 50.7 Å². The summed E-state index contributed by atoms with van der Waals surface area (Å²) in [6.07, 6.45) is 7.46. The highest BCUT2D eigenvalue weighted by molar-refractivity contribution is 6.18. The summed E-state index contributed by atoms with van der Waals surface area (Å²) in [4.78, 5) is 12.2. The van der Waals surface area contributed by atoms with Crippen LogP contribution in [0.25, 0.3) is 5.57 Å². The zero-order valence-electron chi connectivity index (χ0n) is 12.5. The summed E-state index contributed by atoms with van der Waals surface area (Å²) in [5, 5.41) is 0. The molecular formula is C18H24O2. The molecule has 1 aromatic rings. The summed E-state index contributed by atoms with van der Waals surface area (Å²) in [5.74, 6) is 0.334. The monoisotopic (exact) mass is 272 g/mol. The molecule has 0 amide bonds. The lowest BCUT2D eigenvalue weighted by Crippen LogP contribution is -2.14. The molecule has 0 aromatic heterocycles.